The van der Waals surface area contributed by atoms with Crippen molar-refractivity contribution >= 4 is 29.6 Å². The largest absolute Gasteiger partial charge is 0.480 e. The van der Waals surface area contributed by atoms with E-state index in [2.05, 4.69) is 16.0 Å². The number of benzene rings is 1. The van der Waals surface area contributed by atoms with Gasteiger partial charge >= 0.3 is 5.97 Å². The number of likely N-dealkylation sites (tertiary alicyclic amines) is 1. The number of carbonyl (C=O) groups is 5. The lowest BCUT2D eigenvalue weighted by atomic mass is 10.0. The number of hydrogen-bond donors (Lipinski definition) is 7. The van der Waals surface area contributed by atoms with Crippen molar-refractivity contribution < 1.29 is 39.3 Å². The average Bonchev–Trinajstić information content (AvgIpc) is 3.40. The topological polar surface area (TPSA) is 211 Å². The van der Waals surface area contributed by atoms with Crippen LogP contribution in [0.15, 0.2) is 30.3 Å². The van der Waals surface area contributed by atoms with E-state index in [0.717, 1.165) is 0 Å². The number of amides is 4. The fraction of sp³-hybridized carbons (Fsp3) is 0.577. The Morgan fingerprint density at radius 1 is 0.949 bits per heavy atom. The molecule has 2 rings (SSSR count). The molecule has 1 aliphatic heterocycles. The molecule has 1 aromatic carbocycles. The summed E-state index contributed by atoms with van der Waals surface area (Å²) < 4.78 is 0. The molecule has 216 valence electrons. The highest BCUT2D eigenvalue weighted by Gasteiger charge is 2.39. The molecule has 0 aromatic heterocycles. The van der Waals surface area contributed by atoms with Crippen molar-refractivity contribution in [2.24, 2.45) is 11.7 Å². The fourth-order valence-electron chi connectivity index (χ4n) is 4.34. The highest BCUT2D eigenvalue weighted by atomic mass is 16.4. The number of hydrogen-bond acceptors (Lipinski definition) is 8. The molecule has 0 saturated carbocycles. The molecule has 5 atom stereocenters. The van der Waals surface area contributed by atoms with Gasteiger partial charge < -0.3 is 41.9 Å². The molecule has 39 heavy (non-hydrogen) atoms. The number of nitrogens with two attached hydrogens (primary N) is 1. The second kappa shape index (κ2) is 15.1. The van der Waals surface area contributed by atoms with Crippen LogP contribution in [0.1, 0.15) is 38.7 Å². The second-order valence-corrected chi connectivity index (χ2v) is 10.0. The fourth-order valence-corrected chi connectivity index (χ4v) is 4.34. The lowest BCUT2D eigenvalue weighted by Crippen LogP contribution is -2.59. The first-order valence-corrected chi connectivity index (χ1v) is 12.9. The summed E-state index contributed by atoms with van der Waals surface area (Å²) in [5.74, 6) is -4.04. The van der Waals surface area contributed by atoms with Gasteiger partial charge in [0.25, 0.3) is 0 Å². The Balaban J connectivity index is 2.15. The second-order valence-electron chi connectivity index (χ2n) is 10.0. The molecule has 13 nitrogen and oxygen atoms in total. The Morgan fingerprint density at radius 3 is 2.15 bits per heavy atom. The van der Waals surface area contributed by atoms with Gasteiger partial charge in [-0.25, -0.2) is 4.79 Å². The molecule has 1 aromatic rings. The minimum Gasteiger partial charge on any atom is -0.480 e. The quantitative estimate of drug-likeness (QED) is 0.138. The van der Waals surface area contributed by atoms with Crippen molar-refractivity contribution in [1.82, 2.24) is 20.9 Å². The van der Waals surface area contributed by atoms with E-state index in [1.54, 1.807) is 30.3 Å². The maximum absolute atomic E-state index is 13.3. The van der Waals surface area contributed by atoms with Crippen LogP contribution < -0.4 is 21.7 Å². The zero-order chi connectivity index (χ0) is 29.1. The van der Waals surface area contributed by atoms with Gasteiger partial charge in [-0.15, -0.1) is 0 Å². The first-order valence-electron chi connectivity index (χ1n) is 12.9. The van der Waals surface area contributed by atoms with E-state index >= 15 is 0 Å². The molecular formula is C26H39N5O8. The normalized spacial score (nSPS) is 18.1. The van der Waals surface area contributed by atoms with Gasteiger partial charge in [0.2, 0.25) is 23.6 Å². The Hall–Kier alpha value is -3.55. The van der Waals surface area contributed by atoms with Crippen LogP contribution in [0.5, 0.6) is 0 Å². The van der Waals surface area contributed by atoms with Gasteiger partial charge in [0.1, 0.15) is 30.2 Å². The molecule has 0 bridgehead atoms. The van der Waals surface area contributed by atoms with Crippen molar-refractivity contribution in [3.8, 4) is 0 Å². The van der Waals surface area contributed by atoms with Crippen molar-refractivity contribution in [3.05, 3.63) is 35.9 Å². The van der Waals surface area contributed by atoms with Crippen molar-refractivity contribution in [2.45, 2.75) is 69.7 Å². The van der Waals surface area contributed by atoms with Crippen LogP contribution in [-0.2, 0) is 30.4 Å². The van der Waals surface area contributed by atoms with Crippen LogP contribution in [0.2, 0.25) is 0 Å². The summed E-state index contributed by atoms with van der Waals surface area (Å²) in [7, 11) is 0. The molecule has 0 radical (unpaired) electrons. The van der Waals surface area contributed by atoms with Crippen LogP contribution in [0.4, 0.5) is 0 Å². The van der Waals surface area contributed by atoms with E-state index in [1.807, 2.05) is 13.8 Å². The number of carboxylic acid groups (broad SMARTS) is 1. The highest BCUT2D eigenvalue weighted by Crippen LogP contribution is 2.19. The number of nitrogens with zero attached hydrogens (tertiary/aromatic N) is 1. The minimum absolute atomic E-state index is 0.0120. The molecule has 1 heterocycles. The van der Waals surface area contributed by atoms with E-state index in [1.165, 1.54) is 4.90 Å². The van der Waals surface area contributed by atoms with E-state index in [-0.39, 0.29) is 25.3 Å². The van der Waals surface area contributed by atoms with Crippen LogP contribution in [0.25, 0.3) is 0 Å². The maximum atomic E-state index is 13.3. The third-order valence-electron chi connectivity index (χ3n) is 6.41. The molecule has 8 N–H and O–H groups in total. The van der Waals surface area contributed by atoms with Crippen LogP contribution in [0.3, 0.4) is 0 Å². The molecule has 1 aliphatic rings. The van der Waals surface area contributed by atoms with Crippen molar-refractivity contribution in [2.75, 3.05) is 19.8 Å². The summed E-state index contributed by atoms with van der Waals surface area (Å²) in [5, 5.41) is 36.0. The summed E-state index contributed by atoms with van der Waals surface area (Å²) in [6.07, 6.45) is 1.03. The van der Waals surface area contributed by atoms with E-state index in [9.17, 15) is 39.3 Å². The lowest BCUT2D eigenvalue weighted by molar-refractivity contribution is -0.145. The summed E-state index contributed by atoms with van der Waals surface area (Å²) in [6, 6.07) is 2.83. The maximum Gasteiger partial charge on any atom is 0.326 e. The minimum atomic E-state index is -1.42. The molecule has 13 heteroatoms. The first kappa shape index (κ1) is 31.7. The van der Waals surface area contributed by atoms with Crippen LogP contribution >= 0.6 is 0 Å². The summed E-state index contributed by atoms with van der Waals surface area (Å²) in [4.78, 5) is 64.5. The van der Waals surface area contributed by atoms with Crippen LogP contribution in [-0.4, -0.2) is 99.8 Å². The standard InChI is InChI=1S/C26H39N5O8/c1-15(2)11-19(26(38)39)29-24(36)21-9-6-10-31(21)25(37)20(14-33)30-23(35)18(28-22(34)17(27)13-32)12-16-7-4-3-5-8-16/h3-5,7-8,15,17-21,32-33H,6,9-14,27H2,1-2H3,(H,28,34)(H,29,36)(H,30,35)(H,38,39)/t17-,18-,19-,20-,21-/m0/s1. The van der Waals surface area contributed by atoms with E-state index in [4.69, 9.17) is 5.73 Å². The monoisotopic (exact) mass is 549 g/mol. The van der Waals surface area contributed by atoms with Gasteiger partial charge in [-0.05, 0) is 30.7 Å². The number of carboxylic acids is 1. The highest BCUT2D eigenvalue weighted by molar-refractivity contribution is 5.96. The number of carbonyl (C=O) groups excluding carboxylic acids is 4. The zero-order valence-electron chi connectivity index (χ0n) is 22.2. The number of aliphatic carboxylic acids is 1. The molecule has 0 aliphatic carbocycles. The Kier molecular flexibility index (Phi) is 12.3. The first-order chi connectivity index (χ1) is 18.5. The lowest BCUT2D eigenvalue weighted by Gasteiger charge is -2.30. The number of aliphatic hydroxyl groups is 2. The summed E-state index contributed by atoms with van der Waals surface area (Å²) in [6.45, 7) is 2.42. The third kappa shape index (κ3) is 9.30. The van der Waals surface area contributed by atoms with Gasteiger partial charge in [-0.2, -0.15) is 0 Å². The predicted octanol–water partition coefficient (Wildman–Crippen LogP) is -1.88. The van der Waals surface area contributed by atoms with Gasteiger partial charge in [0, 0.05) is 13.0 Å². The summed E-state index contributed by atoms with van der Waals surface area (Å²) in [5.41, 5.74) is 6.27. The van der Waals surface area contributed by atoms with E-state index in [0.29, 0.717) is 18.4 Å². The number of nitrogens with one attached hydrogen (secondary N) is 3. The van der Waals surface area contributed by atoms with Gasteiger partial charge in [-0.1, -0.05) is 44.2 Å². The predicted molar refractivity (Wildman–Crippen MR) is 140 cm³/mol. The molecular weight excluding hydrogens is 510 g/mol. The number of aliphatic hydroxyl groups excluding tert-OH is 2. The Morgan fingerprint density at radius 2 is 1.59 bits per heavy atom. The Bertz CT molecular complexity index is 1010. The van der Waals surface area contributed by atoms with Gasteiger partial charge in [0.05, 0.1) is 13.2 Å². The molecule has 1 fully saturated rings. The Labute approximate surface area is 227 Å². The zero-order valence-corrected chi connectivity index (χ0v) is 22.2. The average molecular weight is 550 g/mol. The molecule has 1 saturated heterocycles. The number of rotatable bonds is 14. The van der Waals surface area contributed by atoms with Gasteiger partial charge in [0.15, 0.2) is 0 Å². The van der Waals surface area contributed by atoms with Crippen molar-refractivity contribution in [1.29, 1.82) is 0 Å². The molecule has 0 spiro atoms. The third-order valence-corrected chi connectivity index (χ3v) is 6.41. The summed E-state index contributed by atoms with van der Waals surface area (Å²) >= 11 is 0. The molecule has 0 unspecified atom stereocenters. The van der Waals surface area contributed by atoms with Crippen LogP contribution in [0, 0.1) is 5.92 Å². The van der Waals surface area contributed by atoms with Gasteiger partial charge in [-0.3, -0.25) is 19.2 Å². The molecule has 4 amide bonds. The smallest absolute Gasteiger partial charge is 0.326 e. The van der Waals surface area contributed by atoms with E-state index < -0.39 is 73.0 Å². The van der Waals surface area contributed by atoms with Crippen molar-refractivity contribution in [3.63, 3.8) is 0 Å². The SMILES string of the molecule is CC(C)C[C@H](NC(=O)[C@@H]1CCCN1C(=O)[C@H](CO)NC(=O)[C@H](Cc1ccccc1)NC(=O)[C@@H](N)CO)C(=O)O.